The maximum Gasteiger partial charge on any atom is 0.228 e. The average molecular weight is 303 g/mol. The molecule has 1 aromatic rings. The fourth-order valence-electron chi connectivity index (χ4n) is 2.74. The van der Waals surface area contributed by atoms with E-state index >= 15 is 0 Å². The lowest BCUT2D eigenvalue weighted by atomic mass is 9.98. The molecule has 0 spiro atoms. The second-order valence-corrected chi connectivity index (χ2v) is 5.72. The number of nitrogens with one attached hydrogen (secondary N) is 2. The van der Waals surface area contributed by atoms with E-state index in [0.717, 1.165) is 37.2 Å². The van der Waals surface area contributed by atoms with Crippen molar-refractivity contribution in [3.63, 3.8) is 0 Å². The van der Waals surface area contributed by atoms with Crippen molar-refractivity contribution in [1.29, 1.82) is 0 Å². The zero-order valence-corrected chi connectivity index (χ0v) is 13.4. The van der Waals surface area contributed by atoms with Gasteiger partial charge in [0.25, 0.3) is 0 Å². The predicted molar refractivity (Wildman–Crippen MR) is 87.4 cm³/mol. The Labute approximate surface area is 132 Å². The quantitative estimate of drug-likeness (QED) is 0.874. The third-order valence-corrected chi connectivity index (χ3v) is 4.13. The van der Waals surface area contributed by atoms with E-state index in [4.69, 9.17) is 0 Å². The number of para-hydroxylation sites is 1. The average Bonchev–Trinajstić information content (AvgIpc) is 2.54. The van der Waals surface area contributed by atoms with Gasteiger partial charge >= 0.3 is 0 Å². The molecule has 5 nitrogen and oxygen atoms in total. The Morgan fingerprint density at radius 2 is 2.14 bits per heavy atom. The highest BCUT2D eigenvalue weighted by Crippen LogP contribution is 2.20. The van der Waals surface area contributed by atoms with E-state index in [2.05, 4.69) is 10.6 Å². The summed E-state index contributed by atoms with van der Waals surface area (Å²) in [6.45, 7) is 6.43. The molecule has 2 rings (SSSR count). The number of amides is 2. The molecule has 1 saturated heterocycles. The van der Waals surface area contributed by atoms with Crippen molar-refractivity contribution in [2.45, 2.75) is 33.2 Å². The van der Waals surface area contributed by atoms with E-state index in [1.165, 1.54) is 0 Å². The van der Waals surface area contributed by atoms with Crippen molar-refractivity contribution < 1.29 is 9.59 Å². The van der Waals surface area contributed by atoms with Gasteiger partial charge in [-0.2, -0.15) is 0 Å². The van der Waals surface area contributed by atoms with E-state index < -0.39 is 0 Å². The molecule has 1 aliphatic heterocycles. The monoisotopic (exact) mass is 303 g/mol. The van der Waals surface area contributed by atoms with Gasteiger partial charge in [0.2, 0.25) is 11.8 Å². The Morgan fingerprint density at radius 3 is 2.77 bits per heavy atom. The van der Waals surface area contributed by atoms with Crippen molar-refractivity contribution in [3.05, 3.63) is 29.8 Å². The highest BCUT2D eigenvalue weighted by Gasteiger charge is 2.21. The molecule has 2 N–H and O–H groups in total. The summed E-state index contributed by atoms with van der Waals surface area (Å²) in [5, 5.41) is 6.29. The van der Waals surface area contributed by atoms with Gasteiger partial charge in [0, 0.05) is 32.2 Å². The molecule has 2 amide bonds. The summed E-state index contributed by atoms with van der Waals surface area (Å²) in [6, 6.07) is 7.70. The first-order valence-electron chi connectivity index (χ1n) is 7.96. The molecular formula is C17H25N3O2. The third kappa shape index (κ3) is 4.31. The minimum atomic E-state index is 0.0249. The number of nitrogens with zero attached hydrogens (tertiary/aromatic N) is 1. The Kier molecular flexibility index (Phi) is 5.95. The standard InChI is InChI=1S/C17H25N3O2/c1-3-20(13(2)21)12-15-7-4-5-9-16(15)19-17(22)14-8-6-10-18-11-14/h4-5,7,9,14,18H,3,6,8,10-12H2,1-2H3,(H,19,22). The van der Waals surface area contributed by atoms with Crippen LogP contribution in [0.5, 0.6) is 0 Å². The van der Waals surface area contributed by atoms with Crippen LogP contribution in [0.4, 0.5) is 5.69 Å². The van der Waals surface area contributed by atoms with Crippen LogP contribution in [0.1, 0.15) is 32.3 Å². The minimum absolute atomic E-state index is 0.0249. The van der Waals surface area contributed by atoms with E-state index in [-0.39, 0.29) is 17.7 Å². The highest BCUT2D eigenvalue weighted by molar-refractivity contribution is 5.93. The van der Waals surface area contributed by atoms with Crippen LogP contribution in [0, 0.1) is 5.92 Å². The molecule has 0 aromatic heterocycles. The zero-order chi connectivity index (χ0) is 15.9. The molecule has 1 aliphatic rings. The smallest absolute Gasteiger partial charge is 0.228 e. The second-order valence-electron chi connectivity index (χ2n) is 5.72. The second kappa shape index (κ2) is 7.94. The van der Waals surface area contributed by atoms with Crippen molar-refractivity contribution in [3.8, 4) is 0 Å². The summed E-state index contributed by atoms with van der Waals surface area (Å²) in [7, 11) is 0. The molecule has 1 heterocycles. The van der Waals surface area contributed by atoms with Gasteiger partial charge in [0.05, 0.1) is 5.92 Å². The Bertz CT molecular complexity index is 524. The summed E-state index contributed by atoms with van der Waals surface area (Å²) >= 11 is 0. The van der Waals surface area contributed by atoms with E-state index in [1.807, 2.05) is 31.2 Å². The summed E-state index contributed by atoms with van der Waals surface area (Å²) in [5.41, 5.74) is 1.77. The Balaban J connectivity index is 2.07. The summed E-state index contributed by atoms with van der Waals surface area (Å²) in [5.74, 6) is 0.127. The molecule has 0 bridgehead atoms. The van der Waals surface area contributed by atoms with Crippen LogP contribution in [0.3, 0.4) is 0 Å². The minimum Gasteiger partial charge on any atom is -0.339 e. The van der Waals surface area contributed by atoms with Crippen molar-refractivity contribution in [2.75, 3.05) is 25.0 Å². The van der Waals surface area contributed by atoms with Gasteiger partial charge in [-0.3, -0.25) is 9.59 Å². The summed E-state index contributed by atoms with van der Waals surface area (Å²) in [4.78, 5) is 25.7. The maximum absolute atomic E-state index is 12.4. The fraction of sp³-hybridized carbons (Fsp3) is 0.529. The number of benzene rings is 1. The van der Waals surface area contributed by atoms with Crippen molar-refractivity contribution in [1.82, 2.24) is 10.2 Å². The molecule has 0 radical (unpaired) electrons. The van der Waals surface area contributed by atoms with Crippen LogP contribution < -0.4 is 10.6 Å². The Hall–Kier alpha value is -1.88. The Morgan fingerprint density at radius 1 is 1.36 bits per heavy atom. The van der Waals surface area contributed by atoms with Gasteiger partial charge in [0.1, 0.15) is 0 Å². The summed E-state index contributed by atoms with van der Waals surface area (Å²) < 4.78 is 0. The first kappa shape index (κ1) is 16.5. The maximum atomic E-state index is 12.4. The van der Waals surface area contributed by atoms with Gasteiger partial charge in [-0.05, 0) is 37.9 Å². The lowest BCUT2D eigenvalue weighted by Crippen LogP contribution is -2.37. The van der Waals surface area contributed by atoms with Gasteiger partial charge in [-0.25, -0.2) is 0 Å². The van der Waals surface area contributed by atoms with Crippen LogP contribution in [-0.2, 0) is 16.1 Å². The molecule has 0 aliphatic carbocycles. The normalized spacial score (nSPS) is 17.8. The first-order chi connectivity index (χ1) is 10.6. The fourth-order valence-corrected chi connectivity index (χ4v) is 2.74. The predicted octanol–water partition coefficient (Wildman–Crippen LogP) is 1.99. The molecule has 0 saturated carbocycles. The third-order valence-electron chi connectivity index (χ3n) is 4.13. The molecule has 5 heteroatoms. The van der Waals surface area contributed by atoms with Gasteiger partial charge in [-0.1, -0.05) is 18.2 Å². The van der Waals surface area contributed by atoms with Crippen LogP contribution in [-0.4, -0.2) is 36.3 Å². The van der Waals surface area contributed by atoms with Crippen LogP contribution in [0.25, 0.3) is 0 Å². The molecule has 1 atom stereocenters. The largest absolute Gasteiger partial charge is 0.339 e. The molecule has 1 aromatic carbocycles. The number of piperidine rings is 1. The van der Waals surface area contributed by atoms with Gasteiger partial charge in [-0.15, -0.1) is 0 Å². The lowest BCUT2D eigenvalue weighted by Gasteiger charge is -2.24. The molecule has 120 valence electrons. The van der Waals surface area contributed by atoms with E-state index in [0.29, 0.717) is 13.1 Å². The van der Waals surface area contributed by atoms with Crippen molar-refractivity contribution >= 4 is 17.5 Å². The van der Waals surface area contributed by atoms with E-state index in [1.54, 1.807) is 11.8 Å². The van der Waals surface area contributed by atoms with Crippen LogP contribution in [0.15, 0.2) is 24.3 Å². The number of carbonyl (C=O) groups excluding carboxylic acids is 2. The molecular weight excluding hydrogens is 278 g/mol. The molecule has 22 heavy (non-hydrogen) atoms. The van der Waals surface area contributed by atoms with Crippen molar-refractivity contribution in [2.24, 2.45) is 5.92 Å². The topological polar surface area (TPSA) is 61.4 Å². The number of rotatable bonds is 5. The SMILES string of the molecule is CCN(Cc1ccccc1NC(=O)C1CCCNC1)C(C)=O. The van der Waals surface area contributed by atoms with Crippen LogP contribution >= 0.6 is 0 Å². The molecule has 1 fully saturated rings. The molecule has 1 unspecified atom stereocenters. The summed E-state index contributed by atoms with van der Waals surface area (Å²) in [6.07, 6.45) is 1.96. The number of carbonyl (C=O) groups is 2. The van der Waals surface area contributed by atoms with Crippen LogP contribution in [0.2, 0.25) is 0 Å². The van der Waals surface area contributed by atoms with Gasteiger partial charge < -0.3 is 15.5 Å². The van der Waals surface area contributed by atoms with E-state index in [9.17, 15) is 9.59 Å². The van der Waals surface area contributed by atoms with Gasteiger partial charge in [0.15, 0.2) is 0 Å². The number of anilines is 1. The zero-order valence-electron chi connectivity index (χ0n) is 13.4. The first-order valence-corrected chi connectivity index (χ1v) is 7.96. The highest BCUT2D eigenvalue weighted by atomic mass is 16.2. The number of hydrogen-bond donors (Lipinski definition) is 2. The lowest BCUT2D eigenvalue weighted by molar-refractivity contribution is -0.129. The number of hydrogen-bond acceptors (Lipinski definition) is 3.